The third-order valence-corrected chi connectivity index (χ3v) is 4.54. The van der Waals surface area contributed by atoms with Gasteiger partial charge in [0.05, 0.1) is 0 Å². The Kier molecular flexibility index (Phi) is 4.46. The molecule has 6 heteroatoms. The number of carbonyl (C=O) groups excluding carboxylic acids is 3. The summed E-state index contributed by atoms with van der Waals surface area (Å²) in [5.74, 6) is -0.849. The first-order chi connectivity index (χ1) is 13.1. The van der Waals surface area contributed by atoms with Crippen LogP contribution in [0.15, 0.2) is 59.0 Å². The van der Waals surface area contributed by atoms with Crippen LogP contribution in [0.2, 0.25) is 0 Å². The monoisotopic (exact) mass is 363 g/mol. The van der Waals surface area contributed by atoms with E-state index in [4.69, 9.17) is 9.15 Å². The van der Waals surface area contributed by atoms with E-state index in [-0.39, 0.29) is 24.1 Å². The van der Waals surface area contributed by atoms with Crippen LogP contribution in [0.3, 0.4) is 0 Å². The van der Waals surface area contributed by atoms with Gasteiger partial charge in [-0.2, -0.15) is 0 Å². The van der Waals surface area contributed by atoms with Crippen LogP contribution in [0.4, 0.5) is 5.69 Å². The minimum atomic E-state index is -0.682. The van der Waals surface area contributed by atoms with Gasteiger partial charge in [0.25, 0.3) is 0 Å². The highest BCUT2D eigenvalue weighted by Crippen LogP contribution is 2.22. The molecule has 1 amide bonds. The topological polar surface area (TPSA) is 76.8 Å². The summed E-state index contributed by atoms with van der Waals surface area (Å²) < 4.78 is 10.5. The van der Waals surface area contributed by atoms with Gasteiger partial charge in [-0.1, -0.05) is 18.2 Å². The van der Waals surface area contributed by atoms with Gasteiger partial charge in [-0.15, -0.1) is 0 Å². The van der Waals surface area contributed by atoms with Gasteiger partial charge in [-0.3, -0.25) is 9.59 Å². The van der Waals surface area contributed by atoms with Crippen LogP contribution in [-0.2, 0) is 9.53 Å². The summed E-state index contributed by atoms with van der Waals surface area (Å²) in [6, 6.07) is 15.6. The lowest BCUT2D eigenvalue weighted by molar-refractivity contribution is -0.117. The Morgan fingerprint density at radius 3 is 2.56 bits per heavy atom. The molecule has 1 aromatic heterocycles. The molecule has 0 spiro atoms. The van der Waals surface area contributed by atoms with Gasteiger partial charge in [0.15, 0.2) is 12.4 Å². The molecular weight excluding hydrogens is 346 g/mol. The summed E-state index contributed by atoms with van der Waals surface area (Å²) >= 11 is 0. The molecule has 1 aliphatic rings. The molecular formula is C21H17NO5. The fourth-order valence-electron chi connectivity index (χ4n) is 3.12. The minimum Gasteiger partial charge on any atom is -0.451 e. The highest BCUT2D eigenvalue weighted by Gasteiger charge is 2.22. The summed E-state index contributed by atoms with van der Waals surface area (Å²) in [6.45, 7) is 0.319. The van der Waals surface area contributed by atoms with E-state index in [9.17, 15) is 14.4 Å². The molecule has 27 heavy (non-hydrogen) atoms. The Morgan fingerprint density at radius 2 is 1.85 bits per heavy atom. The van der Waals surface area contributed by atoms with Crippen molar-refractivity contribution < 1.29 is 23.5 Å². The Balaban J connectivity index is 1.38. The van der Waals surface area contributed by atoms with E-state index in [2.05, 4.69) is 0 Å². The lowest BCUT2D eigenvalue weighted by atomic mass is 10.1. The smallest absolute Gasteiger partial charge is 0.374 e. The first-order valence-electron chi connectivity index (χ1n) is 8.71. The summed E-state index contributed by atoms with van der Waals surface area (Å²) in [7, 11) is 0. The minimum absolute atomic E-state index is 0.0619. The van der Waals surface area contributed by atoms with Crippen LogP contribution in [-0.4, -0.2) is 30.8 Å². The molecule has 0 atom stereocenters. The van der Waals surface area contributed by atoms with E-state index in [0.717, 1.165) is 17.5 Å². The van der Waals surface area contributed by atoms with Crippen molar-refractivity contribution in [3.8, 4) is 0 Å². The maximum absolute atomic E-state index is 12.3. The third kappa shape index (κ3) is 3.46. The molecule has 2 aromatic carbocycles. The van der Waals surface area contributed by atoms with Crippen molar-refractivity contribution in [1.82, 2.24) is 0 Å². The number of fused-ring (bicyclic) bond motifs is 1. The molecule has 0 N–H and O–H groups in total. The highest BCUT2D eigenvalue weighted by atomic mass is 16.5. The van der Waals surface area contributed by atoms with Gasteiger partial charge in [0.1, 0.15) is 5.58 Å². The summed E-state index contributed by atoms with van der Waals surface area (Å²) in [6.07, 6.45) is 1.40. The van der Waals surface area contributed by atoms with E-state index < -0.39 is 5.97 Å². The predicted molar refractivity (Wildman–Crippen MR) is 98.9 cm³/mol. The van der Waals surface area contributed by atoms with Crippen molar-refractivity contribution in [1.29, 1.82) is 0 Å². The van der Waals surface area contributed by atoms with Crippen LogP contribution in [0.25, 0.3) is 11.0 Å². The largest absolute Gasteiger partial charge is 0.451 e. The number of hydrogen-bond donors (Lipinski definition) is 0. The van der Waals surface area contributed by atoms with Gasteiger partial charge in [0, 0.05) is 29.6 Å². The van der Waals surface area contributed by atoms with Gasteiger partial charge >= 0.3 is 5.97 Å². The molecule has 0 unspecified atom stereocenters. The van der Waals surface area contributed by atoms with Crippen LogP contribution >= 0.6 is 0 Å². The number of hydrogen-bond acceptors (Lipinski definition) is 5. The number of esters is 1. The number of anilines is 1. The predicted octanol–water partition coefficient (Wildman–Crippen LogP) is 3.60. The molecule has 0 radical (unpaired) electrons. The molecule has 1 fully saturated rings. The molecule has 1 saturated heterocycles. The standard InChI is InChI=1S/C21H17NO5/c23-17(14-7-9-16(10-8-14)22-11-3-6-20(22)24)13-26-21(25)19-12-15-4-1-2-5-18(15)27-19/h1-2,4-5,7-10,12H,3,6,11,13H2. The van der Waals surface area contributed by atoms with Crippen molar-refractivity contribution in [3.63, 3.8) is 0 Å². The maximum Gasteiger partial charge on any atom is 0.374 e. The third-order valence-electron chi connectivity index (χ3n) is 4.54. The molecule has 0 saturated carbocycles. The number of Topliss-reactive ketones (excluding diaryl/α,β-unsaturated/α-hetero) is 1. The number of amides is 1. The number of ketones is 1. The van der Waals surface area contributed by atoms with E-state index in [1.807, 2.05) is 18.2 Å². The molecule has 6 nitrogen and oxygen atoms in total. The van der Waals surface area contributed by atoms with Crippen molar-refractivity contribution in [3.05, 3.63) is 65.9 Å². The lowest BCUT2D eigenvalue weighted by Gasteiger charge is -2.15. The van der Waals surface area contributed by atoms with Crippen LogP contribution in [0.5, 0.6) is 0 Å². The zero-order valence-corrected chi connectivity index (χ0v) is 14.5. The number of para-hydroxylation sites is 1. The Labute approximate surface area is 155 Å². The van der Waals surface area contributed by atoms with Crippen molar-refractivity contribution in [2.45, 2.75) is 12.8 Å². The molecule has 2 heterocycles. The zero-order chi connectivity index (χ0) is 18.8. The Hall–Kier alpha value is -3.41. The number of benzene rings is 2. The van der Waals surface area contributed by atoms with Crippen molar-refractivity contribution in [2.24, 2.45) is 0 Å². The first-order valence-corrected chi connectivity index (χ1v) is 8.71. The highest BCUT2D eigenvalue weighted by molar-refractivity contribution is 6.00. The second-order valence-corrected chi connectivity index (χ2v) is 6.34. The Bertz CT molecular complexity index is 985. The molecule has 4 rings (SSSR count). The molecule has 1 aliphatic heterocycles. The average Bonchev–Trinajstić information content (AvgIpc) is 3.32. The quantitative estimate of drug-likeness (QED) is 0.511. The van der Waals surface area contributed by atoms with Gasteiger partial charge in [0.2, 0.25) is 11.7 Å². The zero-order valence-electron chi connectivity index (χ0n) is 14.5. The number of rotatable bonds is 5. The van der Waals surface area contributed by atoms with Crippen LogP contribution in [0.1, 0.15) is 33.8 Å². The molecule has 0 aliphatic carbocycles. The van der Waals surface area contributed by atoms with Crippen molar-refractivity contribution >= 4 is 34.3 Å². The summed E-state index contributed by atoms with van der Waals surface area (Å²) in [5, 5.41) is 0.794. The molecule has 3 aromatic rings. The van der Waals surface area contributed by atoms with E-state index in [1.165, 1.54) is 0 Å². The number of ether oxygens (including phenoxy) is 1. The SMILES string of the molecule is O=C(COC(=O)c1cc2ccccc2o1)c1ccc(N2CCCC2=O)cc1. The van der Waals surface area contributed by atoms with Gasteiger partial charge < -0.3 is 14.1 Å². The fourth-order valence-corrected chi connectivity index (χ4v) is 3.12. The van der Waals surface area contributed by atoms with Crippen LogP contribution in [0, 0.1) is 0 Å². The fraction of sp³-hybridized carbons (Fsp3) is 0.190. The second-order valence-electron chi connectivity index (χ2n) is 6.34. The molecule has 136 valence electrons. The van der Waals surface area contributed by atoms with E-state index >= 15 is 0 Å². The second kappa shape index (κ2) is 7.07. The number of furan rings is 1. The summed E-state index contributed by atoms with van der Waals surface area (Å²) in [4.78, 5) is 37.8. The van der Waals surface area contributed by atoms with Gasteiger partial charge in [-0.25, -0.2) is 4.79 Å². The van der Waals surface area contributed by atoms with Crippen LogP contribution < -0.4 is 4.90 Å². The Morgan fingerprint density at radius 1 is 1.07 bits per heavy atom. The van der Waals surface area contributed by atoms with Crippen molar-refractivity contribution in [2.75, 3.05) is 18.1 Å². The first kappa shape index (κ1) is 17.0. The normalized spacial score (nSPS) is 13.9. The summed E-state index contributed by atoms with van der Waals surface area (Å²) in [5.41, 5.74) is 1.78. The van der Waals surface area contributed by atoms with Gasteiger partial charge in [-0.05, 0) is 42.8 Å². The maximum atomic E-state index is 12.3. The average molecular weight is 363 g/mol. The molecule has 0 bridgehead atoms. The van der Waals surface area contributed by atoms with E-state index in [1.54, 1.807) is 41.3 Å². The number of carbonyl (C=O) groups is 3. The van der Waals surface area contributed by atoms with E-state index in [0.29, 0.717) is 24.1 Å². The lowest BCUT2D eigenvalue weighted by Crippen LogP contribution is -2.23. The number of nitrogens with zero attached hydrogens (tertiary/aromatic N) is 1.